The topological polar surface area (TPSA) is 89.8 Å². The van der Waals surface area contributed by atoms with Crippen LogP contribution >= 0.6 is 0 Å². The predicted molar refractivity (Wildman–Crippen MR) is 126 cm³/mol. The van der Waals surface area contributed by atoms with Gasteiger partial charge in [-0.1, -0.05) is 6.08 Å². The van der Waals surface area contributed by atoms with Gasteiger partial charge in [-0.15, -0.1) is 6.42 Å². The molecule has 2 fully saturated rings. The average molecular weight is 460 g/mol. The summed E-state index contributed by atoms with van der Waals surface area (Å²) in [5, 5.41) is 10.2. The summed E-state index contributed by atoms with van der Waals surface area (Å²) in [6, 6.07) is 2.39. The molecule has 3 heterocycles. The minimum atomic E-state index is -0.343. The van der Waals surface area contributed by atoms with Crippen molar-refractivity contribution in [2.45, 2.75) is 50.6 Å². The van der Waals surface area contributed by atoms with Crippen LogP contribution in [-0.2, 0) is 27.3 Å². The highest BCUT2D eigenvalue weighted by Gasteiger charge is 2.39. The van der Waals surface area contributed by atoms with Crippen LogP contribution in [0.2, 0.25) is 0 Å². The number of terminal acetylenes is 1. The summed E-state index contributed by atoms with van der Waals surface area (Å²) in [4.78, 5) is 35.9. The molecule has 0 N–H and O–H groups in total. The van der Waals surface area contributed by atoms with E-state index in [1.807, 2.05) is 4.90 Å². The normalized spacial score (nSPS) is 21.3. The Bertz CT molecular complexity index is 1140. The number of hydrogen-bond acceptors (Lipinski definition) is 6. The van der Waals surface area contributed by atoms with Gasteiger partial charge in [-0.3, -0.25) is 9.59 Å². The van der Waals surface area contributed by atoms with E-state index in [1.54, 1.807) is 12.0 Å². The van der Waals surface area contributed by atoms with Gasteiger partial charge in [0.15, 0.2) is 0 Å². The van der Waals surface area contributed by atoms with Gasteiger partial charge in [0.05, 0.1) is 24.6 Å². The number of anilines is 1. The molecule has 0 radical (unpaired) electrons. The van der Waals surface area contributed by atoms with Crippen LogP contribution in [0.5, 0.6) is 0 Å². The molecule has 5 rings (SSSR count). The highest BCUT2D eigenvalue weighted by Crippen LogP contribution is 2.45. The van der Waals surface area contributed by atoms with Gasteiger partial charge in [-0.25, -0.2) is 4.98 Å². The largest absolute Gasteiger partial charge is 0.384 e. The van der Waals surface area contributed by atoms with Crippen molar-refractivity contribution in [3.05, 3.63) is 34.0 Å². The molecule has 0 aromatic carbocycles. The SMILES string of the molecule is C#CC(=O)N1CCc2c(C3CC3)nc(N3CCN(C(=O)CCOC)[C@H](C4=CC4)C3)c(C#N)c2C1. The molecule has 1 aromatic heterocycles. The van der Waals surface area contributed by atoms with Crippen LogP contribution in [0.25, 0.3) is 0 Å². The van der Waals surface area contributed by atoms with E-state index in [-0.39, 0.29) is 17.9 Å². The summed E-state index contributed by atoms with van der Waals surface area (Å²) in [6.07, 6.45) is 11.7. The zero-order chi connectivity index (χ0) is 23.8. The maximum Gasteiger partial charge on any atom is 0.298 e. The molecule has 0 spiro atoms. The molecule has 2 aliphatic heterocycles. The number of fused-ring (bicyclic) bond motifs is 1. The second-order valence-corrected chi connectivity index (χ2v) is 9.43. The summed E-state index contributed by atoms with van der Waals surface area (Å²) in [5.74, 6) is 3.08. The van der Waals surface area contributed by atoms with Gasteiger partial charge in [0, 0.05) is 51.4 Å². The van der Waals surface area contributed by atoms with E-state index in [9.17, 15) is 14.9 Å². The molecular weight excluding hydrogens is 430 g/mol. The van der Waals surface area contributed by atoms with Gasteiger partial charge in [0.2, 0.25) is 5.91 Å². The number of aromatic nitrogens is 1. The van der Waals surface area contributed by atoms with Gasteiger partial charge in [-0.2, -0.15) is 5.26 Å². The number of amides is 2. The molecule has 0 unspecified atom stereocenters. The maximum absolute atomic E-state index is 12.8. The molecule has 8 heteroatoms. The number of pyridine rings is 1. The van der Waals surface area contributed by atoms with Crippen LogP contribution in [-0.4, -0.2) is 72.5 Å². The minimum absolute atomic E-state index is 0.00799. The fraction of sp³-hybridized carbons (Fsp3) is 0.538. The molecule has 8 nitrogen and oxygen atoms in total. The van der Waals surface area contributed by atoms with E-state index in [4.69, 9.17) is 16.1 Å². The lowest BCUT2D eigenvalue weighted by molar-refractivity contribution is -0.134. The quantitative estimate of drug-likeness (QED) is 0.476. The first-order valence-electron chi connectivity index (χ1n) is 12.0. The first-order valence-corrected chi connectivity index (χ1v) is 12.0. The van der Waals surface area contributed by atoms with Crippen molar-refractivity contribution in [1.82, 2.24) is 14.8 Å². The first-order chi connectivity index (χ1) is 16.5. The van der Waals surface area contributed by atoms with Crippen molar-refractivity contribution in [3.8, 4) is 18.4 Å². The highest BCUT2D eigenvalue weighted by molar-refractivity contribution is 5.93. The second-order valence-electron chi connectivity index (χ2n) is 9.43. The third-order valence-corrected chi connectivity index (χ3v) is 7.28. The van der Waals surface area contributed by atoms with E-state index in [0.717, 1.165) is 36.1 Å². The van der Waals surface area contributed by atoms with E-state index >= 15 is 0 Å². The van der Waals surface area contributed by atoms with Crippen molar-refractivity contribution >= 4 is 17.6 Å². The lowest BCUT2D eigenvalue weighted by Crippen LogP contribution is -2.55. The molecule has 1 saturated carbocycles. The minimum Gasteiger partial charge on any atom is -0.384 e. The number of piperazine rings is 1. The van der Waals surface area contributed by atoms with Crippen molar-refractivity contribution in [1.29, 1.82) is 5.26 Å². The lowest BCUT2D eigenvalue weighted by atomic mass is 9.92. The Morgan fingerprint density at radius 3 is 2.71 bits per heavy atom. The number of nitrogens with zero attached hydrogens (tertiary/aromatic N) is 5. The zero-order valence-corrected chi connectivity index (χ0v) is 19.5. The van der Waals surface area contributed by atoms with Crippen LogP contribution in [0, 0.1) is 23.7 Å². The van der Waals surface area contributed by atoms with Crippen LogP contribution < -0.4 is 4.90 Å². The Hall–Kier alpha value is -3.36. The van der Waals surface area contributed by atoms with Crippen molar-refractivity contribution in [2.75, 3.05) is 44.8 Å². The molecule has 4 aliphatic rings. The van der Waals surface area contributed by atoms with Crippen molar-refractivity contribution < 1.29 is 14.3 Å². The monoisotopic (exact) mass is 459 g/mol. The molecule has 2 aliphatic carbocycles. The number of nitriles is 1. The van der Waals surface area contributed by atoms with Crippen LogP contribution in [0.4, 0.5) is 5.82 Å². The number of carbonyl (C=O) groups excluding carboxylic acids is 2. The number of methoxy groups -OCH3 is 1. The number of carbonyl (C=O) groups is 2. The van der Waals surface area contributed by atoms with E-state index in [1.165, 1.54) is 5.57 Å². The van der Waals surface area contributed by atoms with Crippen LogP contribution in [0.1, 0.15) is 54.0 Å². The summed E-state index contributed by atoms with van der Waals surface area (Å²) < 4.78 is 5.10. The predicted octanol–water partition coefficient (Wildman–Crippen LogP) is 1.73. The first kappa shape index (κ1) is 22.4. The van der Waals surface area contributed by atoms with E-state index < -0.39 is 0 Å². The van der Waals surface area contributed by atoms with Crippen molar-refractivity contribution in [2.24, 2.45) is 0 Å². The number of hydrogen-bond donors (Lipinski definition) is 0. The Morgan fingerprint density at radius 2 is 2.06 bits per heavy atom. The molecule has 2 amide bonds. The zero-order valence-electron chi connectivity index (χ0n) is 19.5. The van der Waals surface area contributed by atoms with E-state index in [0.29, 0.717) is 69.5 Å². The van der Waals surface area contributed by atoms with E-state index in [2.05, 4.69) is 23.0 Å². The Balaban J connectivity index is 1.48. The average Bonchev–Trinajstić information content (AvgIpc) is 3.78. The highest BCUT2D eigenvalue weighted by atomic mass is 16.5. The Kier molecular flexibility index (Phi) is 6.02. The standard InChI is InChI=1S/C26H29N5O3/c1-3-23(32)29-10-8-19-21(15-29)20(14-27)26(28-25(19)18-6-7-18)30-11-12-31(24(33)9-13-34-2)22(16-30)17-4-5-17/h1,4,18,22H,5-13,15-16H2,2H3/t22-/m0/s1. The molecule has 1 atom stereocenters. The van der Waals surface area contributed by atoms with Gasteiger partial charge in [-0.05, 0) is 48.3 Å². The summed E-state index contributed by atoms with van der Waals surface area (Å²) >= 11 is 0. The molecule has 1 aromatic rings. The molecular formula is C26H29N5O3. The summed E-state index contributed by atoms with van der Waals surface area (Å²) in [7, 11) is 1.60. The smallest absolute Gasteiger partial charge is 0.298 e. The van der Waals surface area contributed by atoms with Crippen molar-refractivity contribution in [3.63, 3.8) is 0 Å². The van der Waals surface area contributed by atoms with Gasteiger partial charge >= 0.3 is 0 Å². The van der Waals surface area contributed by atoms with Gasteiger partial charge < -0.3 is 19.4 Å². The van der Waals surface area contributed by atoms with Gasteiger partial charge in [0.25, 0.3) is 5.91 Å². The molecule has 1 saturated heterocycles. The second kappa shape index (κ2) is 9.12. The fourth-order valence-corrected chi connectivity index (χ4v) is 5.21. The maximum atomic E-state index is 12.8. The number of rotatable bonds is 6. The Labute approximate surface area is 200 Å². The number of ether oxygens (including phenoxy) is 1. The third kappa shape index (κ3) is 4.15. The third-order valence-electron chi connectivity index (χ3n) is 7.28. The molecule has 176 valence electrons. The molecule has 34 heavy (non-hydrogen) atoms. The van der Waals surface area contributed by atoms with Gasteiger partial charge in [0.1, 0.15) is 11.9 Å². The lowest BCUT2D eigenvalue weighted by Gasteiger charge is -2.42. The summed E-state index contributed by atoms with van der Waals surface area (Å²) in [6.45, 7) is 3.12. The number of allylic oxidation sites excluding steroid dienone is 1. The van der Waals surface area contributed by atoms with Crippen LogP contribution in [0.3, 0.4) is 0 Å². The van der Waals surface area contributed by atoms with Crippen LogP contribution in [0.15, 0.2) is 11.6 Å². The fourth-order valence-electron chi connectivity index (χ4n) is 5.21. The summed E-state index contributed by atoms with van der Waals surface area (Å²) in [5.41, 5.74) is 4.90. The molecule has 0 bridgehead atoms. The Morgan fingerprint density at radius 1 is 1.26 bits per heavy atom.